The van der Waals surface area contributed by atoms with Crippen molar-refractivity contribution in [3.63, 3.8) is 0 Å². The van der Waals surface area contributed by atoms with Crippen LogP contribution in [-0.2, 0) is 6.42 Å². The van der Waals surface area contributed by atoms with Crippen LogP contribution in [0, 0.1) is 0 Å². The molecule has 0 saturated carbocycles. The molecule has 0 radical (unpaired) electrons. The first-order chi connectivity index (χ1) is 12.9. The standard InChI is InChI=1S/C21H38N4O2/c1-16(2)25(17(3)4)14-13-24-21(22-5)23-12-8-9-18-10-11-19(26-6)20(15-18)27-7/h10-11,15-17H,8-9,12-14H2,1-7H3,(H2,22,23,24). The third-order valence-corrected chi connectivity index (χ3v) is 4.60. The first-order valence-electron chi connectivity index (χ1n) is 9.84. The minimum Gasteiger partial charge on any atom is -0.493 e. The topological polar surface area (TPSA) is 58.1 Å². The Hall–Kier alpha value is -1.95. The third-order valence-electron chi connectivity index (χ3n) is 4.60. The Morgan fingerprint density at radius 3 is 2.19 bits per heavy atom. The van der Waals surface area contributed by atoms with Gasteiger partial charge >= 0.3 is 0 Å². The lowest BCUT2D eigenvalue weighted by molar-refractivity contribution is 0.178. The number of hydrogen-bond donors (Lipinski definition) is 2. The number of aliphatic imine (C=N–C) groups is 1. The van der Waals surface area contributed by atoms with Gasteiger partial charge in [-0.1, -0.05) is 6.07 Å². The Morgan fingerprint density at radius 2 is 1.63 bits per heavy atom. The highest BCUT2D eigenvalue weighted by Crippen LogP contribution is 2.27. The molecule has 6 heteroatoms. The van der Waals surface area contributed by atoms with E-state index in [4.69, 9.17) is 9.47 Å². The Labute approximate surface area is 165 Å². The summed E-state index contributed by atoms with van der Waals surface area (Å²) in [5, 5.41) is 6.79. The van der Waals surface area contributed by atoms with E-state index in [-0.39, 0.29) is 0 Å². The van der Waals surface area contributed by atoms with E-state index in [1.165, 1.54) is 5.56 Å². The molecule has 0 aliphatic heterocycles. The van der Waals surface area contributed by atoms with Crippen molar-refractivity contribution in [3.05, 3.63) is 23.8 Å². The molecule has 0 unspecified atom stereocenters. The zero-order chi connectivity index (χ0) is 20.2. The van der Waals surface area contributed by atoms with Crippen molar-refractivity contribution in [1.29, 1.82) is 0 Å². The Kier molecular flexibility index (Phi) is 10.6. The second-order valence-corrected chi connectivity index (χ2v) is 7.14. The lowest BCUT2D eigenvalue weighted by Crippen LogP contribution is -2.45. The van der Waals surface area contributed by atoms with Crippen molar-refractivity contribution in [2.24, 2.45) is 4.99 Å². The summed E-state index contributed by atoms with van der Waals surface area (Å²) < 4.78 is 10.6. The molecule has 27 heavy (non-hydrogen) atoms. The van der Waals surface area contributed by atoms with Crippen molar-refractivity contribution >= 4 is 5.96 Å². The summed E-state index contributed by atoms with van der Waals surface area (Å²) >= 11 is 0. The first-order valence-corrected chi connectivity index (χ1v) is 9.84. The molecule has 0 spiro atoms. The minimum atomic E-state index is 0.545. The number of hydrogen-bond acceptors (Lipinski definition) is 4. The summed E-state index contributed by atoms with van der Waals surface area (Å²) in [5.41, 5.74) is 1.24. The number of rotatable bonds is 11. The fourth-order valence-electron chi connectivity index (χ4n) is 3.17. The SMILES string of the molecule is CN=C(NCCCc1ccc(OC)c(OC)c1)NCCN(C(C)C)C(C)C. The smallest absolute Gasteiger partial charge is 0.191 e. The second kappa shape index (κ2) is 12.4. The molecule has 0 aliphatic carbocycles. The van der Waals surface area contributed by atoms with Gasteiger partial charge in [0.1, 0.15) is 0 Å². The van der Waals surface area contributed by atoms with Crippen LogP contribution in [0.25, 0.3) is 0 Å². The Morgan fingerprint density at radius 1 is 1.00 bits per heavy atom. The number of nitrogens with zero attached hydrogens (tertiary/aromatic N) is 2. The number of methoxy groups -OCH3 is 2. The monoisotopic (exact) mass is 378 g/mol. The number of benzene rings is 1. The van der Waals surface area contributed by atoms with Gasteiger partial charge in [-0.2, -0.15) is 0 Å². The van der Waals surface area contributed by atoms with Crippen LogP contribution in [0.2, 0.25) is 0 Å². The maximum atomic E-state index is 5.36. The molecule has 0 aliphatic rings. The molecule has 6 nitrogen and oxygen atoms in total. The summed E-state index contributed by atoms with van der Waals surface area (Å²) in [7, 11) is 5.13. The first kappa shape index (κ1) is 23.1. The number of nitrogens with one attached hydrogen (secondary N) is 2. The number of guanidine groups is 1. The van der Waals surface area contributed by atoms with E-state index in [0.29, 0.717) is 12.1 Å². The van der Waals surface area contributed by atoms with Crippen molar-refractivity contribution in [1.82, 2.24) is 15.5 Å². The van der Waals surface area contributed by atoms with Crippen LogP contribution in [0.1, 0.15) is 39.7 Å². The molecule has 0 aromatic heterocycles. The van der Waals surface area contributed by atoms with Crippen molar-refractivity contribution in [2.75, 3.05) is 40.9 Å². The Bertz CT molecular complexity index is 565. The molecule has 0 heterocycles. The molecule has 0 saturated heterocycles. The van der Waals surface area contributed by atoms with Gasteiger partial charge in [-0.05, 0) is 58.2 Å². The summed E-state index contributed by atoms with van der Waals surface area (Å²) in [4.78, 5) is 6.78. The maximum absolute atomic E-state index is 5.36. The quantitative estimate of drug-likeness (QED) is 0.352. The van der Waals surface area contributed by atoms with Crippen LogP contribution in [-0.4, -0.2) is 63.8 Å². The van der Waals surface area contributed by atoms with Crippen LogP contribution >= 0.6 is 0 Å². The van der Waals surface area contributed by atoms with Gasteiger partial charge < -0.3 is 20.1 Å². The highest BCUT2D eigenvalue weighted by molar-refractivity contribution is 5.79. The highest BCUT2D eigenvalue weighted by Gasteiger charge is 2.12. The van der Waals surface area contributed by atoms with E-state index in [0.717, 1.165) is 49.9 Å². The third kappa shape index (κ3) is 8.08. The number of ether oxygens (including phenoxy) is 2. The van der Waals surface area contributed by atoms with Gasteiger partial charge in [0.25, 0.3) is 0 Å². The van der Waals surface area contributed by atoms with Crippen LogP contribution in [0.5, 0.6) is 11.5 Å². The van der Waals surface area contributed by atoms with Gasteiger partial charge in [0.15, 0.2) is 17.5 Å². The molecule has 2 N–H and O–H groups in total. The number of aryl methyl sites for hydroxylation is 1. The van der Waals surface area contributed by atoms with E-state index in [2.05, 4.69) is 54.3 Å². The average Bonchev–Trinajstić information content (AvgIpc) is 2.65. The maximum Gasteiger partial charge on any atom is 0.191 e. The molecule has 1 rings (SSSR count). The lowest BCUT2D eigenvalue weighted by Gasteiger charge is -2.30. The summed E-state index contributed by atoms with van der Waals surface area (Å²) in [5.74, 6) is 2.40. The largest absolute Gasteiger partial charge is 0.493 e. The fraction of sp³-hybridized carbons (Fsp3) is 0.667. The van der Waals surface area contributed by atoms with Gasteiger partial charge in [-0.25, -0.2) is 0 Å². The van der Waals surface area contributed by atoms with E-state index in [9.17, 15) is 0 Å². The molecule has 0 amide bonds. The van der Waals surface area contributed by atoms with Crippen LogP contribution in [0.4, 0.5) is 0 Å². The molecule has 0 fully saturated rings. The average molecular weight is 379 g/mol. The molecular weight excluding hydrogens is 340 g/mol. The van der Waals surface area contributed by atoms with E-state index in [1.54, 1.807) is 14.2 Å². The summed E-state index contributed by atoms with van der Waals surface area (Å²) in [6.45, 7) is 11.7. The predicted octanol–water partition coefficient (Wildman–Crippen LogP) is 2.92. The van der Waals surface area contributed by atoms with Gasteiger partial charge in [0.05, 0.1) is 14.2 Å². The Balaban J connectivity index is 2.35. The minimum absolute atomic E-state index is 0.545. The lowest BCUT2D eigenvalue weighted by atomic mass is 10.1. The molecule has 1 aromatic carbocycles. The van der Waals surface area contributed by atoms with Gasteiger partial charge in [0, 0.05) is 38.8 Å². The van der Waals surface area contributed by atoms with Gasteiger partial charge in [0.2, 0.25) is 0 Å². The fourth-order valence-corrected chi connectivity index (χ4v) is 3.17. The van der Waals surface area contributed by atoms with Crippen LogP contribution in [0.3, 0.4) is 0 Å². The molecule has 154 valence electrons. The highest BCUT2D eigenvalue weighted by atomic mass is 16.5. The van der Waals surface area contributed by atoms with E-state index >= 15 is 0 Å². The summed E-state index contributed by atoms with van der Waals surface area (Å²) in [6, 6.07) is 7.17. The second-order valence-electron chi connectivity index (χ2n) is 7.14. The van der Waals surface area contributed by atoms with Crippen molar-refractivity contribution < 1.29 is 9.47 Å². The predicted molar refractivity (Wildman–Crippen MR) is 114 cm³/mol. The van der Waals surface area contributed by atoms with E-state index < -0.39 is 0 Å². The van der Waals surface area contributed by atoms with E-state index in [1.807, 2.05) is 19.2 Å². The zero-order valence-corrected chi connectivity index (χ0v) is 18.1. The molecular formula is C21H38N4O2. The van der Waals surface area contributed by atoms with Crippen LogP contribution < -0.4 is 20.1 Å². The molecule has 1 aromatic rings. The van der Waals surface area contributed by atoms with Crippen molar-refractivity contribution in [3.8, 4) is 11.5 Å². The zero-order valence-electron chi connectivity index (χ0n) is 18.1. The molecule has 0 bridgehead atoms. The molecule has 0 atom stereocenters. The van der Waals surface area contributed by atoms with Gasteiger partial charge in [-0.3, -0.25) is 9.89 Å². The normalized spacial score (nSPS) is 12.0. The summed E-state index contributed by atoms with van der Waals surface area (Å²) in [6.07, 6.45) is 1.99. The van der Waals surface area contributed by atoms with Crippen molar-refractivity contribution in [2.45, 2.75) is 52.6 Å². The van der Waals surface area contributed by atoms with Gasteiger partial charge in [-0.15, -0.1) is 0 Å². The van der Waals surface area contributed by atoms with Crippen LogP contribution in [0.15, 0.2) is 23.2 Å².